The van der Waals surface area contributed by atoms with Crippen molar-refractivity contribution >= 4 is 23.4 Å². The smallest absolute Gasteiger partial charge is 0.258 e. The van der Waals surface area contributed by atoms with Gasteiger partial charge in [0.15, 0.2) is 6.61 Å². The first-order chi connectivity index (χ1) is 15.8. The molecule has 6 nitrogen and oxygen atoms in total. The maximum atomic E-state index is 13.5. The van der Waals surface area contributed by atoms with Crippen molar-refractivity contribution < 1.29 is 18.7 Å². The molecule has 33 heavy (non-hydrogen) atoms. The molecule has 5 rings (SSSR count). The van der Waals surface area contributed by atoms with Crippen LogP contribution in [-0.2, 0) is 11.3 Å². The highest BCUT2D eigenvalue weighted by Gasteiger charge is 2.46. The Bertz CT molecular complexity index is 1010. The third kappa shape index (κ3) is 5.84. The molecular formula is C25H29ClFN3O3. The highest BCUT2D eigenvalue weighted by molar-refractivity contribution is 6.30. The van der Waals surface area contributed by atoms with Crippen LogP contribution in [-0.4, -0.2) is 49.5 Å². The van der Waals surface area contributed by atoms with Crippen LogP contribution in [0.3, 0.4) is 0 Å². The van der Waals surface area contributed by atoms with Gasteiger partial charge in [-0.1, -0.05) is 23.7 Å². The summed E-state index contributed by atoms with van der Waals surface area (Å²) in [6, 6.07) is 11.8. The zero-order chi connectivity index (χ0) is 23.5. The van der Waals surface area contributed by atoms with Crippen molar-refractivity contribution in [1.82, 2.24) is 15.5 Å². The fraction of sp³-hybridized carbons (Fsp3) is 0.440. The number of nitrogens with one attached hydrogen (secondary N) is 2. The van der Waals surface area contributed by atoms with Crippen LogP contribution in [0.15, 0.2) is 42.5 Å². The number of benzene rings is 2. The molecule has 2 aromatic carbocycles. The summed E-state index contributed by atoms with van der Waals surface area (Å²) in [6.45, 7) is 0.621. The summed E-state index contributed by atoms with van der Waals surface area (Å²) in [5.74, 6) is 0.190. The van der Waals surface area contributed by atoms with Crippen LogP contribution in [0.2, 0.25) is 5.02 Å². The summed E-state index contributed by atoms with van der Waals surface area (Å²) >= 11 is 5.66. The van der Waals surface area contributed by atoms with Crippen molar-refractivity contribution in [1.29, 1.82) is 0 Å². The van der Waals surface area contributed by atoms with E-state index in [-0.39, 0.29) is 41.3 Å². The normalized spacial score (nSPS) is 23.5. The summed E-state index contributed by atoms with van der Waals surface area (Å²) in [7, 11) is 4.02. The van der Waals surface area contributed by atoms with Gasteiger partial charge < -0.3 is 20.3 Å². The summed E-state index contributed by atoms with van der Waals surface area (Å²) in [5, 5.41) is 6.21. The van der Waals surface area contributed by atoms with Gasteiger partial charge in [-0.3, -0.25) is 9.59 Å². The fourth-order valence-electron chi connectivity index (χ4n) is 4.72. The minimum absolute atomic E-state index is 0.00569. The Balaban J connectivity index is 1.28. The van der Waals surface area contributed by atoms with Gasteiger partial charge in [-0.25, -0.2) is 4.39 Å². The molecule has 3 aliphatic carbocycles. The molecule has 0 spiro atoms. The standard InChI is InChI=1S/C25H29ClFN3O3/c1-30(2)13-15-3-5-16(6-4-15)25(32)29-23-12-22(17-9-18(23)10-17)28-24(31)14-33-19-7-8-20(26)21(27)11-19/h3-8,11,17-18,22-23H,9-10,12-14H2,1-2H3,(H,28,31)(H,29,32). The number of carbonyl (C=O) groups is 2. The SMILES string of the molecule is CN(C)Cc1ccc(C(=O)NC2CC(NC(=O)COc3ccc(Cl)c(F)c3)C3CC2C3)cc1. The molecule has 8 heteroatoms. The van der Waals surface area contributed by atoms with E-state index in [0.29, 0.717) is 23.8 Å². The molecule has 2 bridgehead atoms. The van der Waals surface area contributed by atoms with Crippen LogP contribution in [0.25, 0.3) is 0 Å². The van der Waals surface area contributed by atoms with Crippen molar-refractivity contribution in [2.24, 2.45) is 11.8 Å². The molecule has 2 unspecified atom stereocenters. The van der Waals surface area contributed by atoms with Crippen LogP contribution in [0.4, 0.5) is 4.39 Å². The molecule has 176 valence electrons. The fourth-order valence-corrected chi connectivity index (χ4v) is 4.84. The molecule has 0 heterocycles. The van der Waals surface area contributed by atoms with E-state index in [1.807, 2.05) is 38.4 Å². The third-order valence-electron chi connectivity index (χ3n) is 6.50. The molecule has 0 saturated heterocycles. The second kappa shape index (κ2) is 10.1. The average molecular weight is 474 g/mol. The van der Waals surface area contributed by atoms with E-state index < -0.39 is 5.82 Å². The summed E-state index contributed by atoms with van der Waals surface area (Å²) in [5.41, 5.74) is 1.80. The van der Waals surface area contributed by atoms with Crippen LogP contribution >= 0.6 is 11.6 Å². The number of ether oxygens (including phenoxy) is 1. The second-order valence-electron chi connectivity index (χ2n) is 9.28. The molecule has 2 amide bonds. The molecule has 3 saturated carbocycles. The predicted molar refractivity (Wildman–Crippen MR) is 125 cm³/mol. The van der Waals surface area contributed by atoms with Gasteiger partial charge in [0, 0.05) is 30.3 Å². The van der Waals surface area contributed by atoms with Crippen molar-refractivity contribution in [3.05, 3.63) is 64.4 Å². The molecule has 3 fully saturated rings. The summed E-state index contributed by atoms with van der Waals surface area (Å²) in [6.07, 6.45) is 2.67. The molecule has 0 radical (unpaired) electrons. The number of hydrogen-bond donors (Lipinski definition) is 2. The monoisotopic (exact) mass is 473 g/mol. The highest BCUT2D eigenvalue weighted by atomic mass is 35.5. The van der Waals surface area contributed by atoms with Crippen LogP contribution in [0, 0.1) is 17.7 Å². The first-order valence-corrected chi connectivity index (χ1v) is 11.6. The van der Waals surface area contributed by atoms with Gasteiger partial charge in [-0.15, -0.1) is 0 Å². The molecule has 2 N–H and O–H groups in total. The van der Waals surface area contributed by atoms with E-state index in [1.165, 1.54) is 12.1 Å². The Morgan fingerprint density at radius 3 is 2.33 bits per heavy atom. The van der Waals surface area contributed by atoms with Gasteiger partial charge in [0.25, 0.3) is 11.8 Å². The Hall–Kier alpha value is -2.64. The average Bonchev–Trinajstić information content (AvgIpc) is 2.73. The first kappa shape index (κ1) is 23.5. The van der Waals surface area contributed by atoms with Gasteiger partial charge in [-0.2, -0.15) is 0 Å². The minimum atomic E-state index is -0.590. The number of carbonyl (C=O) groups excluding carboxylic acids is 2. The van der Waals surface area contributed by atoms with Crippen molar-refractivity contribution in [3.63, 3.8) is 0 Å². The summed E-state index contributed by atoms with van der Waals surface area (Å²) < 4.78 is 18.9. The predicted octanol–water partition coefficient (Wildman–Crippen LogP) is 3.63. The molecule has 2 aromatic rings. The number of nitrogens with zero attached hydrogens (tertiary/aromatic N) is 1. The zero-order valence-corrected chi connectivity index (χ0v) is 19.6. The lowest BCUT2D eigenvalue weighted by molar-refractivity contribution is -0.125. The second-order valence-corrected chi connectivity index (χ2v) is 9.69. The minimum Gasteiger partial charge on any atom is -0.484 e. The largest absolute Gasteiger partial charge is 0.484 e. The molecule has 3 aliphatic rings. The first-order valence-electron chi connectivity index (χ1n) is 11.2. The van der Waals surface area contributed by atoms with Crippen LogP contribution in [0.1, 0.15) is 35.2 Å². The van der Waals surface area contributed by atoms with E-state index in [4.69, 9.17) is 16.3 Å². The van der Waals surface area contributed by atoms with Gasteiger partial charge in [-0.05, 0) is 75.0 Å². The Kier molecular flexibility index (Phi) is 7.20. The van der Waals surface area contributed by atoms with Crippen molar-refractivity contribution in [2.75, 3.05) is 20.7 Å². The van der Waals surface area contributed by atoms with Crippen molar-refractivity contribution in [2.45, 2.75) is 37.9 Å². The van der Waals surface area contributed by atoms with Crippen LogP contribution in [0.5, 0.6) is 5.75 Å². The lowest BCUT2D eigenvalue weighted by Crippen LogP contribution is -2.60. The van der Waals surface area contributed by atoms with Gasteiger partial charge in [0.1, 0.15) is 11.6 Å². The number of hydrogen-bond acceptors (Lipinski definition) is 4. The molecule has 2 atom stereocenters. The van der Waals surface area contributed by atoms with E-state index in [9.17, 15) is 14.0 Å². The molecule has 0 aromatic heterocycles. The van der Waals surface area contributed by atoms with E-state index in [1.54, 1.807) is 0 Å². The Labute approximate surface area is 198 Å². The van der Waals surface area contributed by atoms with Gasteiger partial charge >= 0.3 is 0 Å². The number of halogens is 2. The molecular weight excluding hydrogens is 445 g/mol. The van der Waals surface area contributed by atoms with Gasteiger partial charge in [0.2, 0.25) is 0 Å². The number of fused-ring (bicyclic) bond motifs is 2. The summed E-state index contributed by atoms with van der Waals surface area (Å²) in [4.78, 5) is 27.3. The van der Waals surface area contributed by atoms with Crippen LogP contribution < -0.4 is 15.4 Å². The number of rotatable bonds is 8. The van der Waals surface area contributed by atoms with Gasteiger partial charge in [0.05, 0.1) is 5.02 Å². The lowest BCUT2D eigenvalue weighted by atomic mass is 9.60. The van der Waals surface area contributed by atoms with E-state index in [2.05, 4.69) is 15.5 Å². The van der Waals surface area contributed by atoms with Crippen molar-refractivity contribution in [3.8, 4) is 5.75 Å². The Morgan fingerprint density at radius 1 is 1.03 bits per heavy atom. The quantitative estimate of drug-likeness (QED) is 0.614. The maximum absolute atomic E-state index is 13.5. The Morgan fingerprint density at radius 2 is 1.70 bits per heavy atom. The topological polar surface area (TPSA) is 70.7 Å². The van der Waals surface area contributed by atoms with E-state index >= 15 is 0 Å². The van der Waals surface area contributed by atoms with E-state index in [0.717, 1.165) is 31.0 Å². The maximum Gasteiger partial charge on any atom is 0.258 e. The molecule has 0 aliphatic heterocycles. The zero-order valence-electron chi connectivity index (χ0n) is 18.8. The highest BCUT2D eigenvalue weighted by Crippen LogP contribution is 2.45. The lowest BCUT2D eigenvalue weighted by Gasteiger charge is -2.51. The number of amides is 2. The third-order valence-corrected chi connectivity index (χ3v) is 6.80.